The lowest BCUT2D eigenvalue weighted by molar-refractivity contribution is 0.171. The van der Waals surface area contributed by atoms with Crippen molar-refractivity contribution in [2.75, 3.05) is 26.2 Å². The zero-order chi connectivity index (χ0) is 11.2. The van der Waals surface area contributed by atoms with Crippen LogP contribution in [0.4, 0.5) is 0 Å². The number of nitrogens with zero attached hydrogens (tertiary/aromatic N) is 1. The van der Waals surface area contributed by atoms with E-state index in [2.05, 4.69) is 10.2 Å². The lowest BCUT2D eigenvalue weighted by Crippen LogP contribution is -2.45. The van der Waals surface area contributed by atoms with Crippen LogP contribution in [0.3, 0.4) is 0 Å². The second-order valence-corrected chi connectivity index (χ2v) is 5.39. The Hall–Kier alpha value is -0.120. The van der Waals surface area contributed by atoms with Crippen molar-refractivity contribution in [3.8, 4) is 0 Å². The van der Waals surface area contributed by atoms with Crippen LogP contribution in [-0.4, -0.2) is 48.3 Å². The van der Waals surface area contributed by atoms with Crippen LogP contribution < -0.4 is 5.32 Å². The number of likely N-dealkylation sites (tertiary alicyclic amines) is 1. The predicted octanol–water partition coefficient (Wildman–Crippen LogP) is 1.37. The molecule has 2 rings (SSSR count). The monoisotopic (exact) mass is 226 g/mol. The van der Waals surface area contributed by atoms with Gasteiger partial charge in [0.25, 0.3) is 0 Å². The fraction of sp³-hybridized carbons (Fsp3) is 1.00. The maximum absolute atomic E-state index is 9.37. The van der Waals surface area contributed by atoms with E-state index in [0.717, 1.165) is 6.54 Å². The average molecular weight is 226 g/mol. The summed E-state index contributed by atoms with van der Waals surface area (Å²) in [7, 11) is 0. The van der Waals surface area contributed by atoms with Gasteiger partial charge >= 0.3 is 0 Å². The summed E-state index contributed by atoms with van der Waals surface area (Å²) < 4.78 is 0. The third-order valence-corrected chi connectivity index (χ3v) is 3.70. The molecule has 3 heteroatoms. The maximum Gasteiger partial charge on any atom is 0.0597 e. The largest absolute Gasteiger partial charge is 0.395 e. The molecule has 16 heavy (non-hydrogen) atoms. The summed E-state index contributed by atoms with van der Waals surface area (Å²) >= 11 is 0. The van der Waals surface area contributed by atoms with Crippen LogP contribution in [0.2, 0.25) is 0 Å². The van der Waals surface area contributed by atoms with Gasteiger partial charge in [0.05, 0.1) is 6.61 Å². The van der Waals surface area contributed by atoms with Crippen LogP contribution in [0.25, 0.3) is 0 Å². The first kappa shape index (κ1) is 12.3. The van der Waals surface area contributed by atoms with Crippen molar-refractivity contribution >= 4 is 0 Å². The Labute approximate surface area is 99.2 Å². The molecular weight excluding hydrogens is 200 g/mol. The first-order valence-corrected chi connectivity index (χ1v) is 6.98. The topological polar surface area (TPSA) is 35.5 Å². The molecule has 1 aliphatic carbocycles. The van der Waals surface area contributed by atoms with E-state index in [9.17, 15) is 5.11 Å². The van der Waals surface area contributed by atoms with Gasteiger partial charge < -0.3 is 15.3 Å². The molecule has 0 aromatic rings. The lowest BCUT2D eigenvalue weighted by Gasteiger charge is -2.28. The van der Waals surface area contributed by atoms with E-state index in [-0.39, 0.29) is 6.61 Å². The highest BCUT2D eigenvalue weighted by Gasteiger charge is 2.25. The van der Waals surface area contributed by atoms with Crippen LogP contribution in [0.1, 0.15) is 44.9 Å². The molecule has 1 atom stereocenters. The number of rotatable bonds is 5. The molecule has 1 saturated carbocycles. The molecule has 0 spiro atoms. The molecule has 0 radical (unpaired) electrons. The maximum atomic E-state index is 9.37. The van der Waals surface area contributed by atoms with Gasteiger partial charge in [-0.1, -0.05) is 19.3 Å². The lowest BCUT2D eigenvalue weighted by atomic mass is 10.1. The summed E-state index contributed by atoms with van der Waals surface area (Å²) in [6, 6.07) is 0.999. The molecule has 94 valence electrons. The molecule has 2 N–H and O–H groups in total. The highest BCUT2D eigenvalue weighted by Crippen LogP contribution is 2.19. The summed E-state index contributed by atoms with van der Waals surface area (Å²) in [4.78, 5) is 2.54. The van der Waals surface area contributed by atoms with Crippen LogP contribution in [0, 0.1) is 0 Å². The van der Waals surface area contributed by atoms with Crippen molar-refractivity contribution in [1.29, 1.82) is 0 Å². The Kier molecular flexibility index (Phi) is 5.07. The van der Waals surface area contributed by atoms with Crippen molar-refractivity contribution in [1.82, 2.24) is 10.2 Å². The standard InChI is InChI=1S/C13H26N2O/c16-11-13(14-12-6-7-12)10-15-8-4-2-1-3-5-9-15/h12-14,16H,1-11H2. The first-order chi connectivity index (χ1) is 7.88. The molecule has 2 aliphatic rings. The number of hydrogen-bond acceptors (Lipinski definition) is 3. The van der Waals surface area contributed by atoms with Crippen molar-refractivity contribution < 1.29 is 5.11 Å². The Morgan fingerprint density at radius 3 is 2.25 bits per heavy atom. The summed E-state index contributed by atoms with van der Waals surface area (Å²) in [5, 5.41) is 12.9. The Morgan fingerprint density at radius 2 is 1.69 bits per heavy atom. The van der Waals surface area contributed by atoms with E-state index in [4.69, 9.17) is 0 Å². The van der Waals surface area contributed by atoms with Gasteiger partial charge in [0, 0.05) is 18.6 Å². The van der Waals surface area contributed by atoms with Gasteiger partial charge in [-0.3, -0.25) is 0 Å². The smallest absolute Gasteiger partial charge is 0.0597 e. The second kappa shape index (κ2) is 6.58. The molecule has 1 heterocycles. The van der Waals surface area contributed by atoms with Gasteiger partial charge in [-0.25, -0.2) is 0 Å². The third kappa shape index (κ3) is 4.40. The van der Waals surface area contributed by atoms with Crippen molar-refractivity contribution in [2.24, 2.45) is 0 Å². The van der Waals surface area contributed by atoms with Crippen LogP contribution >= 0.6 is 0 Å². The molecular formula is C13H26N2O. The minimum Gasteiger partial charge on any atom is -0.395 e. The highest BCUT2D eigenvalue weighted by atomic mass is 16.3. The number of nitrogens with one attached hydrogen (secondary N) is 1. The first-order valence-electron chi connectivity index (χ1n) is 6.98. The van der Waals surface area contributed by atoms with Gasteiger partial charge in [0.1, 0.15) is 0 Å². The van der Waals surface area contributed by atoms with Crippen LogP contribution in [0.5, 0.6) is 0 Å². The van der Waals surface area contributed by atoms with E-state index in [0.29, 0.717) is 12.1 Å². The van der Waals surface area contributed by atoms with Crippen LogP contribution in [0.15, 0.2) is 0 Å². The molecule has 2 fully saturated rings. The summed E-state index contributed by atoms with van der Waals surface area (Å²) in [6.45, 7) is 3.77. The van der Waals surface area contributed by atoms with Gasteiger partial charge in [-0.05, 0) is 38.8 Å². The minimum absolute atomic E-state index is 0.285. The zero-order valence-corrected chi connectivity index (χ0v) is 10.3. The van der Waals surface area contributed by atoms with Gasteiger partial charge in [-0.15, -0.1) is 0 Å². The summed E-state index contributed by atoms with van der Waals surface area (Å²) in [5.74, 6) is 0. The molecule has 0 aromatic heterocycles. The Morgan fingerprint density at radius 1 is 1.06 bits per heavy atom. The minimum atomic E-state index is 0.285. The fourth-order valence-corrected chi connectivity index (χ4v) is 2.55. The average Bonchev–Trinajstić information content (AvgIpc) is 3.04. The van der Waals surface area contributed by atoms with E-state index in [1.807, 2.05) is 0 Å². The van der Waals surface area contributed by atoms with E-state index < -0.39 is 0 Å². The Balaban J connectivity index is 1.70. The van der Waals surface area contributed by atoms with Gasteiger partial charge in [-0.2, -0.15) is 0 Å². The van der Waals surface area contributed by atoms with E-state index in [1.165, 1.54) is 58.0 Å². The van der Waals surface area contributed by atoms with E-state index >= 15 is 0 Å². The number of hydrogen-bond donors (Lipinski definition) is 2. The SMILES string of the molecule is OCC(CN1CCCCCCC1)NC1CC1. The van der Waals surface area contributed by atoms with Crippen molar-refractivity contribution in [3.63, 3.8) is 0 Å². The predicted molar refractivity (Wildman–Crippen MR) is 66.6 cm³/mol. The molecule has 1 aliphatic heterocycles. The Bertz CT molecular complexity index is 186. The summed E-state index contributed by atoms with van der Waals surface area (Å²) in [5.41, 5.74) is 0. The fourth-order valence-electron chi connectivity index (χ4n) is 2.55. The quantitative estimate of drug-likeness (QED) is 0.743. The third-order valence-electron chi connectivity index (χ3n) is 3.70. The molecule has 1 unspecified atom stereocenters. The second-order valence-electron chi connectivity index (χ2n) is 5.39. The van der Waals surface area contributed by atoms with E-state index in [1.54, 1.807) is 0 Å². The van der Waals surface area contributed by atoms with Crippen LogP contribution in [-0.2, 0) is 0 Å². The molecule has 0 amide bonds. The van der Waals surface area contributed by atoms with Gasteiger partial charge in [0.15, 0.2) is 0 Å². The normalized spacial score (nSPS) is 26.1. The highest BCUT2D eigenvalue weighted by molar-refractivity contribution is 4.86. The van der Waals surface area contributed by atoms with Crippen molar-refractivity contribution in [2.45, 2.75) is 57.0 Å². The molecule has 1 saturated heterocycles. The summed E-state index contributed by atoms with van der Waals surface area (Å²) in [6.07, 6.45) is 9.46. The van der Waals surface area contributed by atoms with Gasteiger partial charge in [0.2, 0.25) is 0 Å². The number of aliphatic hydroxyl groups is 1. The molecule has 3 nitrogen and oxygen atoms in total. The molecule has 0 bridgehead atoms. The zero-order valence-electron chi connectivity index (χ0n) is 10.3. The number of aliphatic hydroxyl groups excluding tert-OH is 1. The molecule has 0 aromatic carbocycles. The van der Waals surface area contributed by atoms with Crippen molar-refractivity contribution in [3.05, 3.63) is 0 Å².